The largest absolute Gasteiger partial charge is 0.369 e. The zero-order valence-electron chi connectivity index (χ0n) is 12.4. The Bertz CT molecular complexity index is 911. The maximum Gasteiger partial charge on any atom is 0.350 e. The Labute approximate surface area is 140 Å². The van der Waals surface area contributed by atoms with Crippen LogP contribution < -0.4 is 11.4 Å². The van der Waals surface area contributed by atoms with E-state index in [4.69, 9.17) is 5.73 Å². The lowest BCUT2D eigenvalue weighted by atomic mass is 10.3. The summed E-state index contributed by atoms with van der Waals surface area (Å²) < 4.78 is 3.84. The van der Waals surface area contributed by atoms with Gasteiger partial charge < -0.3 is 5.73 Å². The molecule has 0 saturated heterocycles. The van der Waals surface area contributed by atoms with Gasteiger partial charge in [0.25, 0.3) is 0 Å². The van der Waals surface area contributed by atoms with Crippen LogP contribution in [-0.4, -0.2) is 30.8 Å². The van der Waals surface area contributed by atoms with Crippen molar-refractivity contribution in [1.29, 1.82) is 0 Å². The van der Waals surface area contributed by atoms with E-state index in [-0.39, 0.29) is 18.0 Å². The van der Waals surface area contributed by atoms with Gasteiger partial charge in [0.05, 0.1) is 18.7 Å². The van der Waals surface area contributed by atoms with E-state index in [1.165, 1.54) is 20.4 Å². The van der Waals surface area contributed by atoms with E-state index in [2.05, 4.69) is 10.1 Å². The molecule has 0 aliphatic heterocycles. The van der Waals surface area contributed by atoms with Crippen LogP contribution in [-0.2, 0) is 17.8 Å². The van der Waals surface area contributed by atoms with Gasteiger partial charge in [0.1, 0.15) is 4.34 Å². The number of aryl methyl sites for hydroxylation is 2. The Hall–Kier alpha value is -2.13. The fourth-order valence-corrected chi connectivity index (χ4v) is 4.35. The Morgan fingerprint density at radius 2 is 2.26 bits per heavy atom. The van der Waals surface area contributed by atoms with E-state index < -0.39 is 0 Å². The predicted octanol–water partition coefficient (Wildman–Crippen LogP) is 1.08. The molecule has 1 amide bonds. The van der Waals surface area contributed by atoms with Crippen LogP contribution in [0.2, 0.25) is 0 Å². The van der Waals surface area contributed by atoms with Crippen molar-refractivity contribution in [2.45, 2.75) is 24.2 Å². The van der Waals surface area contributed by atoms with Gasteiger partial charge in [-0.05, 0) is 19.1 Å². The molecule has 0 unspecified atom stereocenters. The lowest BCUT2D eigenvalue weighted by Crippen LogP contribution is -2.21. The molecule has 3 aromatic rings. The highest BCUT2D eigenvalue weighted by molar-refractivity contribution is 8.01. The second-order valence-corrected chi connectivity index (χ2v) is 7.34. The molecule has 0 aliphatic carbocycles. The van der Waals surface area contributed by atoms with Gasteiger partial charge in [0.2, 0.25) is 5.91 Å². The summed E-state index contributed by atoms with van der Waals surface area (Å²) in [5.41, 5.74) is 6.54. The van der Waals surface area contributed by atoms with E-state index in [9.17, 15) is 9.59 Å². The molecule has 3 aromatic heterocycles. The second kappa shape index (κ2) is 6.55. The Kier molecular flexibility index (Phi) is 4.49. The average molecular weight is 349 g/mol. The number of rotatable bonds is 6. The highest BCUT2D eigenvalue weighted by atomic mass is 32.2. The van der Waals surface area contributed by atoms with Crippen molar-refractivity contribution in [3.63, 3.8) is 0 Å². The summed E-state index contributed by atoms with van der Waals surface area (Å²) in [5.74, 6) is 0.316. The maximum atomic E-state index is 12.1. The first kappa shape index (κ1) is 15.8. The molecule has 0 saturated carbocycles. The lowest BCUT2D eigenvalue weighted by Gasteiger charge is -1.97. The fraction of sp³-hybridized carbons (Fsp3) is 0.286. The molecule has 0 aliphatic rings. The van der Waals surface area contributed by atoms with Crippen LogP contribution in [0.25, 0.3) is 5.65 Å². The quantitative estimate of drug-likeness (QED) is 0.672. The Morgan fingerprint density at radius 1 is 1.43 bits per heavy atom. The zero-order chi connectivity index (χ0) is 16.4. The van der Waals surface area contributed by atoms with E-state index in [1.54, 1.807) is 30.1 Å². The van der Waals surface area contributed by atoms with Crippen LogP contribution in [0.5, 0.6) is 0 Å². The molecule has 2 N–H and O–H groups in total. The normalized spacial score (nSPS) is 11.2. The Morgan fingerprint density at radius 3 is 3.00 bits per heavy atom. The molecule has 9 heteroatoms. The maximum absolute atomic E-state index is 12.1. The molecular weight excluding hydrogens is 334 g/mol. The van der Waals surface area contributed by atoms with Gasteiger partial charge in [-0.1, -0.05) is 17.8 Å². The number of aromatic nitrogens is 4. The first-order valence-electron chi connectivity index (χ1n) is 6.96. The number of carbonyl (C=O) groups is 1. The van der Waals surface area contributed by atoms with Gasteiger partial charge in [-0.25, -0.2) is 14.5 Å². The summed E-state index contributed by atoms with van der Waals surface area (Å²) in [6.45, 7) is 2.36. The zero-order valence-corrected chi connectivity index (χ0v) is 14.1. The number of pyridine rings is 1. The van der Waals surface area contributed by atoms with E-state index in [0.29, 0.717) is 17.9 Å². The van der Waals surface area contributed by atoms with E-state index in [1.807, 2.05) is 13.0 Å². The molecule has 0 fully saturated rings. The SMILES string of the molecule is Cc1nc(SCCn2nc3ccccn3c2=O)sc1CC(N)=O. The topological polar surface area (TPSA) is 95.3 Å². The van der Waals surface area contributed by atoms with Crippen LogP contribution in [0.15, 0.2) is 33.5 Å². The van der Waals surface area contributed by atoms with E-state index >= 15 is 0 Å². The van der Waals surface area contributed by atoms with Crippen LogP contribution in [0.4, 0.5) is 0 Å². The molecule has 23 heavy (non-hydrogen) atoms. The monoisotopic (exact) mass is 349 g/mol. The van der Waals surface area contributed by atoms with Gasteiger partial charge in [-0.15, -0.1) is 16.4 Å². The van der Waals surface area contributed by atoms with Gasteiger partial charge in [0.15, 0.2) is 5.65 Å². The number of hydrogen-bond acceptors (Lipinski definition) is 6. The predicted molar refractivity (Wildman–Crippen MR) is 89.9 cm³/mol. The Balaban J connectivity index is 1.66. The number of thioether (sulfide) groups is 1. The summed E-state index contributed by atoms with van der Waals surface area (Å²) in [5, 5.41) is 4.28. The van der Waals surface area contributed by atoms with Crippen molar-refractivity contribution in [2.75, 3.05) is 5.75 Å². The summed E-state index contributed by atoms with van der Waals surface area (Å²) in [4.78, 5) is 28.5. The summed E-state index contributed by atoms with van der Waals surface area (Å²) >= 11 is 3.01. The number of fused-ring (bicyclic) bond motifs is 1. The van der Waals surface area contributed by atoms with Gasteiger partial charge in [0, 0.05) is 16.8 Å². The number of hydrogen-bond donors (Lipinski definition) is 1. The summed E-state index contributed by atoms with van der Waals surface area (Å²) in [6.07, 6.45) is 1.92. The smallest absolute Gasteiger partial charge is 0.350 e. The lowest BCUT2D eigenvalue weighted by molar-refractivity contribution is -0.117. The minimum absolute atomic E-state index is 0.147. The van der Waals surface area contributed by atoms with Crippen molar-refractivity contribution in [2.24, 2.45) is 5.73 Å². The molecule has 0 atom stereocenters. The van der Waals surface area contributed by atoms with Gasteiger partial charge in [-0.2, -0.15) is 0 Å². The third-order valence-corrected chi connectivity index (χ3v) is 5.51. The van der Waals surface area contributed by atoms with Crippen molar-refractivity contribution in [3.8, 4) is 0 Å². The van der Waals surface area contributed by atoms with Crippen LogP contribution in [0, 0.1) is 6.92 Å². The van der Waals surface area contributed by atoms with Crippen molar-refractivity contribution in [3.05, 3.63) is 45.5 Å². The minimum atomic E-state index is -0.357. The molecule has 0 aromatic carbocycles. The first-order valence-corrected chi connectivity index (χ1v) is 8.76. The number of thiazole rings is 1. The number of nitrogens with zero attached hydrogens (tertiary/aromatic N) is 4. The molecule has 3 heterocycles. The number of amides is 1. The minimum Gasteiger partial charge on any atom is -0.369 e. The highest BCUT2D eigenvalue weighted by Gasteiger charge is 2.11. The van der Waals surface area contributed by atoms with Crippen molar-refractivity contribution in [1.82, 2.24) is 19.2 Å². The van der Waals surface area contributed by atoms with Crippen molar-refractivity contribution < 1.29 is 4.79 Å². The second-order valence-electron chi connectivity index (χ2n) is 4.91. The third-order valence-electron chi connectivity index (χ3n) is 3.22. The molecular formula is C14H15N5O2S2. The fourth-order valence-electron chi connectivity index (χ4n) is 2.12. The average Bonchev–Trinajstić information content (AvgIpc) is 3.00. The van der Waals surface area contributed by atoms with Gasteiger partial charge >= 0.3 is 5.69 Å². The first-order chi connectivity index (χ1) is 11.0. The standard InChI is InChI=1S/C14H15N5O2S2/c1-9-10(8-11(15)20)23-13(16-9)22-7-6-19-14(21)18-5-3-2-4-12(18)17-19/h2-5H,6-8H2,1H3,(H2,15,20). The number of nitrogens with two attached hydrogens (primary N) is 1. The van der Waals surface area contributed by atoms with E-state index in [0.717, 1.165) is 14.9 Å². The molecule has 7 nitrogen and oxygen atoms in total. The van der Waals surface area contributed by atoms with Crippen LogP contribution >= 0.6 is 23.1 Å². The van der Waals surface area contributed by atoms with Crippen molar-refractivity contribution >= 4 is 34.7 Å². The third kappa shape index (κ3) is 3.45. The summed E-state index contributed by atoms with van der Waals surface area (Å²) in [6, 6.07) is 5.44. The highest BCUT2D eigenvalue weighted by Crippen LogP contribution is 2.27. The molecule has 0 radical (unpaired) electrons. The van der Waals surface area contributed by atoms with Crippen LogP contribution in [0.3, 0.4) is 0 Å². The van der Waals surface area contributed by atoms with Gasteiger partial charge in [-0.3, -0.25) is 9.20 Å². The molecule has 120 valence electrons. The summed E-state index contributed by atoms with van der Waals surface area (Å²) in [7, 11) is 0. The molecule has 3 rings (SSSR count). The molecule has 0 bridgehead atoms. The molecule has 0 spiro atoms. The number of primary amides is 1. The number of carbonyl (C=O) groups excluding carboxylic acids is 1. The van der Waals surface area contributed by atoms with Crippen LogP contribution in [0.1, 0.15) is 10.6 Å².